The third kappa shape index (κ3) is 2.61. The fourth-order valence-electron chi connectivity index (χ4n) is 4.61. The number of rotatable bonds is 4. The van der Waals surface area contributed by atoms with Crippen molar-refractivity contribution < 1.29 is 0 Å². The molecule has 28 heavy (non-hydrogen) atoms. The van der Waals surface area contributed by atoms with Crippen molar-refractivity contribution in [2.75, 3.05) is 0 Å². The predicted octanol–water partition coefficient (Wildman–Crippen LogP) is 6.99. The molecule has 1 aliphatic rings. The average Bonchev–Trinajstić information content (AvgIpc) is 2.76. The van der Waals surface area contributed by atoms with E-state index in [1.54, 1.807) is 0 Å². The van der Waals surface area contributed by atoms with Crippen LogP contribution in [0, 0.1) is 0 Å². The molecule has 0 radical (unpaired) electrons. The molecule has 1 aliphatic carbocycles. The minimum absolute atomic E-state index is 0.116. The highest BCUT2D eigenvalue weighted by atomic mass is 14.5. The first kappa shape index (κ1) is 16.8. The summed E-state index contributed by atoms with van der Waals surface area (Å²) in [5.41, 5.74) is 8.11. The molecule has 5 rings (SSSR count). The van der Waals surface area contributed by atoms with Crippen molar-refractivity contribution in [2.24, 2.45) is 0 Å². The monoisotopic (exact) mass is 358 g/mol. The van der Waals surface area contributed by atoms with Crippen LogP contribution in [0.4, 0.5) is 0 Å². The molecule has 0 saturated carbocycles. The lowest BCUT2D eigenvalue weighted by molar-refractivity contribution is 0.642. The molecular formula is C28H22. The first-order valence-corrected chi connectivity index (χ1v) is 9.85. The Hall–Kier alpha value is -3.38. The van der Waals surface area contributed by atoms with E-state index in [-0.39, 0.29) is 5.41 Å². The standard InChI is InChI=1S/C28H22/c1-5-13-22(14-6-1)26-21-28(24-17-9-3-10-18-24,25-19-11-4-12-20-25)27(26)23-15-7-2-8-16-23/h1-20H,21H2. The van der Waals surface area contributed by atoms with Gasteiger partial charge < -0.3 is 0 Å². The van der Waals surface area contributed by atoms with Gasteiger partial charge in [0.05, 0.1) is 5.41 Å². The van der Waals surface area contributed by atoms with E-state index in [1.807, 2.05) is 0 Å². The molecule has 0 atom stereocenters. The summed E-state index contributed by atoms with van der Waals surface area (Å²) in [7, 11) is 0. The molecule has 0 spiro atoms. The van der Waals surface area contributed by atoms with Crippen molar-refractivity contribution in [3.05, 3.63) is 144 Å². The molecule has 0 fully saturated rings. The summed E-state index contributed by atoms with van der Waals surface area (Å²) < 4.78 is 0. The summed E-state index contributed by atoms with van der Waals surface area (Å²) >= 11 is 0. The Balaban J connectivity index is 1.82. The molecular weight excluding hydrogens is 336 g/mol. The number of allylic oxidation sites excluding steroid dienone is 2. The van der Waals surface area contributed by atoms with Crippen molar-refractivity contribution in [1.29, 1.82) is 0 Å². The van der Waals surface area contributed by atoms with Crippen LogP contribution in [0.25, 0.3) is 11.1 Å². The van der Waals surface area contributed by atoms with Gasteiger partial charge >= 0.3 is 0 Å². The van der Waals surface area contributed by atoms with Gasteiger partial charge in [0.15, 0.2) is 0 Å². The minimum Gasteiger partial charge on any atom is -0.0622 e. The van der Waals surface area contributed by atoms with Gasteiger partial charge in [0.25, 0.3) is 0 Å². The largest absolute Gasteiger partial charge is 0.0622 e. The van der Waals surface area contributed by atoms with Crippen LogP contribution >= 0.6 is 0 Å². The first-order chi connectivity index (χ1) is 13.9. The molecule has 134 valence electrons. The Morgan fingerprint density at radius 2 is 0.821 bits per heavy atom. The van der Waals surface area contributed by atoms with Crippen LogP contribution in [0.2, 0.25) is 0 Å². The van der Waals surface area contributed by atoms with Crippen LogP contribution in [0.1, 0.15) is 28.7 Å². The predicted molar refractivity (Wildman–Crippen MR) is 118 cm³/mol. The normalized spacial score (nSPS) is 15.1. The molecule has 0 unspecified atom stereocenters. The summed E-state index contributed by atoms with van der Waals surface area (Å²) in [4.78, 5) is 0. The van der Waals surface area contributed by atoms with E-state index in [1.165, 1.54) is 33.4 Å². The Morgan fingerprint density at radius 3 is 1.29 bits per heavy atom. The SMILES string of the molecule is c1ccc(C2=C(c3ccccc3)C(c3ccccc3)(c3ccccc3)C2)cc1. The molecule has 0 N–H and O–H groups in total. The zero-order chi connectivity index (χ0) is 18.8. The number of benzene rings is 4. The van der Waals surface area contributed by atoms with Crippen LogP contribution in [-0.2, 0) is 5.41 Å². The molecule has 0 saturated heterocycles. The van der Waals surface area contributed by atoms with Crippen LogP contribution in [0.3, 0.4) is 0 Å². The maximum Gasteiger partial charge on any atom is 0.0500 e. The van der Waals surface area contributed by atoms with Crippen molar-refractivity contribution >= 4 is 11.1 Å². The van der Waals surface area contributed by atoms with E-state index in [0.717, 1.165) is 6.42 Å². The summed E-state index contributed by atoms with van der Waals surface area (Å²) in [6.45, 7) is 0. The minimum atomic E-state index is -0.116. The quantitative estimate of drug-likeness (QED) is 0.369. The van der Waals surface area contributed by atoms with Gasteiger partial charge in [-0.1, -0.05) is 121 Å². The van der Waals surface area contributed by atoms with E-state index in [9.17, 15) is 0 Å². The van der Waals surface area contributed by atoms with E-state index in [4.69, 9.17) is 0 Å². The summed E-state index contributed by atoms with van der Waals surface area (Å²) in [6, 6.07) is 43.6. The van der Waals surface area contributed by atoms with E-state index >= 15 is 0 Å². The molecule has 0 bridgehead atoms. The van der Waals surface area contributed by atoms with E-state index < -0.39 is 0 Å². The Morgan fingerprint density at radius 1 is 0.429 bits per heavy atom. The molecule has 0 aliphatic heterocycles. The van der Waals surface area contributed by atoms with Crippen molar-refractivity contribution in [3.63, 3.8) is 0 Å². The highest BCUT2D eigenvalue weighted by Crippen LogP contribution is 2.60. The van der Waals surface area contributed by atoms with Gasteiger partial charge in [0.2, 0.25) is 0 Å². The fourth-order valence-corrected chi connectivity index (χ4v) is 4.61. The zero-order valence-corrected chi connectivity index (χ0v) is 15.8. The maximum atomic E-state index is 2.28. The van der Waals surface area contributed by atoms with Gasteiger partial charge in [0, 0.05) is 0 Å². The molecule has 0 amide bonds. The Labute approximate surface area is 166 Å². The lowest BCUT2D eigenvalue weighted by atomic mass is 9.54. The third-order valence-corrected chi connectivity index (χ3v) is 5.89. The summed E-state index contributed by atoms with van der Waals surface area (Å²) in [6.07, 6.45) is 1.01. The average molecular weight is 358 g/mol. The third-order valence-electron chi connectivity index (χ3n) is 5.89. The van der Waals surface area contributed by atoms with Crippen LogP contribution in [0.5, 0.6) is 0 Å². The van der Waals surface area contributed by atoms with Crippen molar-refractivity contribution in [2.45, 2.75) is 11.8 Å². The topological polar surface area (TPSA) is 0 Å². The first-order valence-electron chi connectivity index (χ1n) is 9.85. The second-order valence-corrected chi connectivity index (χ2v) is 7.40. The van der Waals surface area contributed by atoms with Gasteiger partial charge in [-0.15, -0.1) is 0 Å². The summed E-state index contributed by atoms with van der Waals surface area (Å²) in [5, 5.41) is 0. The lowest BCUT2D eigenvalue weighted by Crippen LogP contribution is -2.37. The zero-order valence-electron chi connectivity index (χ0n) is 15.8. The number of hydrogen-bond donors (Lipinski definition) is 0. The van der Waals surface area contributed by atoms with E-state index in [2.05, 4.69) is 121 Å². The van der Waals surface area contributed by atoms with E-state index in [0.29, 0.717) is 0 Å². The summed E-state index contributed by atoms with van der Waals surface area (Å²) in [5.74, 6) is 0. The van der Waals surface area contributed by atoms with Crippen LogP contribution in [-0.4, -0.2) is 0 Å². The van der Waals surface area contributed by atoms with Crippen LogP contribution in [0.15, 0.2) is 121 Å². The Bertz CT molecular complexity index is 1050. The lowest BCUT2D eigenvalue weighted by Gasteiger charge is -2.48. The molecule has 0 heterocycles. The van der Waals surface area contributed by atoms with Gasteiger partial charge in [-0.2, -0.15) is 0 Å². The van der Waals surface area contributed by atoms with Crippen molar-refractivity contribution in [1.82, 2.24) is 0 Å². The van der Waals surface area contributed by atoms with Crippen molar-refractivity contribution in [3.8, 4) is 0 Å². The Kier molecular flexibility index (Phi) is 4.18. The molecule has 0 aromatic heterocycles. The molecule has 4 aromatic carbocycles. The molecule has 0 heteroatoms. The number of hydrogen-bond acceptors (Lipinski definition) is 0. The highest BCUT2D eigenvalue weighted by molar-refractivity contribution is 6.05. The van der Waals surface area contributed by atoms with Gasteiger partial charge in [-0.3, -0.25) is 0 Å². The molecule has 4 aromatic rings. The highest BCUT2D eigenvalue weighted by Gasteiger charge is 2.48. The fraction of sp³-hybridized carbons (Fsp3) is 0.0714. The van der Waals surface area contributed by atoms with Gasteiger partial charge in [-0.25, -0.2) is 0 Å². The molecule has 0 nitrogen and oxygen atoms in total. The second kappa shape index (κ2) is 6.98. The maximum absolute atomic E-state index is 2.28. The van der Waals surface area contributed by atoms with Crippen LogP contribution < -0.4 is 0 Å². The van der Waals surface area contributed by atoms with Gasteiger partial charge in [-0.05, 0) is 39.8 Å². The smallest absolute Gasteiger partial charge is 0.0500 e. The second-order valence-electron chi connectivity index (χ2n) is 7.40. The van der Waals surface area contributed by atoms with Gasteiger partial charge in [0.1, 0.15) is 0 Å².